The molecule has 0 aromatic heterocycles. The molecule has 6 heteroatoms. The standard InChI is InChI=1S/C19H17N3O2S/c1-2-11-7-9-12(10-8-11)20-19-22-18(24)16(25-19)15-13-5-3-4-6-14(13)21-17(15)23/h3-10,19-20H,2H2,1H3,(H,21,23)(H,22,24)/b16-15-/t19-/m1/s1. The van der Waals surface area contributed by atoms with Crippen molar-refractivity contribution in [2.24, 2.45) is 0 Å². The van der Waals surface area contributed by atoms with Crippen molar-refractivity contribution in [3.05, 3.63) is 64.6 Å². The Balaban J connectivity index is 1.59. The van der Waals surface area contributed by atoms with Crippen LogP contribution in [0.1, 0.15) is 18.1 Å². The molecule has 1 fully saturated rings. The van der Waals surface area contributed by atoms with Gasteiger partial charge in [0.25, 0.3) is 11.8 Å². The van der Waals surface area contributed by atoms with Gasteiger partial charge in [0.15, 0.2) is 5.50 Å². The van der Waals surface area contributed by atoms with E-state index in [-0.39, 0.29) is 17.3 Å². The normalized spacial score (nSPS) is 21.7. The molecule has 0 saturated carbocycles. The van der Waals surface area contributed by atoms with Gasteiger partial charge in [0, 0.05) is 16.9 Å². The first-order valence-electron chi connectivity index (χ1n) is 8.13. The lowest BCUT2D eigenvalue weighted by atomic mass is 10.1. The van der Waals surface area contributed by atoms with Gasteiger partial charge in [0.1, 0.15) is 0 Å². The van der Waals surface area contributed by atoms with E-state index in [1.807, 2.05) is 36.4 Å². The zero-order chi connectivity index (χ0) is 17.4. The highest BCUT2D eigenvalue weighted by Gasteiger charge is 2.36. The van der Waals surface area contributed by atoms with Crippen LogP contribution in [0.5, 0.6) is 0 Å². The van der Waals surface area contributed by atoms with E-state index < -0.39 is 0 Å². The molecule has 2 aromatic carbocycles. The van der Waals surface area contributed by atoms with Crippen LogP contribution < -0.4 is 16.0 Å². The number of anilines is 2. The van der Waals surface area contributed by atoms with E-state index in [1.54, 1.807) is 0 Å². The predicted octanol–water partition coefficient (Wildman–Crippen LogP) is 3.17. The van der Waals surface area contributed by atoms with Crippen molar-refractivity contribution in [2.45, 2.75) is 18.8 Å². The van der Waals surface area contributed by atoms with Crippen LogP contribution >= 0.6 is 11.8 Å². The van der Waals surface area contributed by atoms with Crippen LogP contribution in [0.2, 0.25) is 0 Å². The topological polar surface area (TPSA) is 70.2 Å². The maximum Gasteiger partial charge on any atom is 0.260 e. The summed E-state index contributed by atoms with van der Waals surface area (Å²) in [5, 5.41) is 8.98. The average Bonchev–Trinajstić information content (AvgIpc) is 3.13. The highest BCUT2D eigenvalue weighted by atomic mass is 32.2. The Morgan fingerprint density at radius 2 is 1.80 bits per heavy atom. The minimum absolute atomic E-state index is 0.227. The van der Waals surface area contributed by atoms with Gasteiger partial charge < -0.3 is 16.0 Å². The first kappa shape index (κ1) is 15.8. The van der Waals surface area contributed by atoms with E-state index in [4.69, 9.17) is 0 Å². The molecule has 2 amide bonds. The van der Waals surface area contributed by atoms with Crippen molar-refractivity contribution >= 4 is 40.5 Å². The molecule has 2 aliphatic rings. The summed E-state index contributed by atoms with van der Waals surface area (Å²) in [6.45, 7) is 2.11. The number of rotatable bonds is 3. The fourth-order valence-corrected chi connectivity index (χ4v) is 4.04. The van der Waals surface area contributed by atoms with E-state index in [0.717, 1.165) is 23.4 Å². The van der Waals surface area contributed by atoms with Crippen molar-refractivity contribution in [2.75, 3.05) is 10.6 Å². The number of carbonyl (C=O) groups is 2. The number of amides is 2. The van der Waals surface area contributed by atoms with Crippen molar-refractivity contribution in [1.82, 2.24) is 5.32 Å². The summed E-state index contributed by atoms with van der Waals surface area (Å²) in [5.74, 6) is -0.457. The Labute approximate surface area is 149 Å². The van der Waals surface area contributed by atoms with Gasteiger partial charge in [-0.2, -0.15) is 0 Å². The van der Waals surface area contributed by atoms with Gasteiger partial charge in [0.05, 0.1) is 10.5 Å². The second-order valence-corrected chi connectivity index (χ2v) is 6.99. The molecule has 2 aliphatic heterocycles. The fraction of sp³-hybridized carbons (Fsp3) is 0.158. The molecule has 4 rings (SSSR count). The highest BCUT2D eigenvalue weighted by Crippen LogP contribution is 2.40. The van der Waals surface area contributed by atoms with Crippen molar-refractivity contribution in [1.29, 1.82) is 0 Å². The first-order chi connectivity index (χ1) is 12.2. The largest absolute Gasteiger partial charge is 0.357 e. The van der Waals surface area contributed by atoms with Crippen molar-refractivity contribution in [3.63, 3.8) is 0 Å². The first-order valence-corrected chi connectivity index (χ1v) is 9.01. The van der Waals surface area contributed by atoms with E-state index >= 15 is 0 Å². The summed E-state index contributed by atoms with van der Waals surface area (Å²) in [7, 11) is 0. The Hall–Kier alpha value is -2.73. The Kier molecular flexibility index (Phi) is 3.97. The third kappa shape index (κ3) is 2.89. The second-order valence-electron chi connectivity index (χ2n) is 5.87. The number of benzene rings is 2. The third-order valence-corrected chi connectivity index (χ3v) is 5.36. The highest BCUT2D eigenvalue weighted by molar-refractivity contribution is 8.05. The third-order valence-electron chi connectivity index (χ3n) is 4.26. The molecule has 0 spiro atoms. The molecule has 2 aromatic rings. The fourth-order valence-electron chi connectivity index (χ4n) is 2.95. The predicted molar refractivity (Wildman–Crippen MR) is 101 cm³/mol. The Morgan fingerprint density at radius 1 is 1.04 bits per heavy atom. The minimum Gasteiger partial charge on any atom is -0.357 e. The monoisotopic (exact) mass is 351 g/mol. The number of thioether (sulfide) groups is 1. The molecule has 0 bridgehead atoms. The van der Waals surface area contributed by atoms with Gasteiger partial charge in [-0.1, -0.05) is 49.0 Å². The molecule has 2 heterocycles. The zero-order valence-corrected chi connectivity index (χ0v) is 14.4. The molecule has 25 heavy (non-hydrogen) atoms. The van der Waals surface area contributed by atoms with E-state index in [0.29, 0.717) is 10.5 Å². The number of hydrogen-bond acceptors (Lipinski definition) is 4. The lowest BCUT2D eigenvalue weighted by molar-refractivity contribution is -0.117. The molecule has 0 unspecified atom stereocenters. The molecule has 0 radical (unpaired) electrons. The van der Waals surface area contributed by atoms with Crippen LogP contribution in [0.4, 0.5) is 11.4 Å². The molecule has 3 N–H and O–H groups in total. The molecular weight excluding hydrogens is 334 g/mol. The average molecular weight is 351 g/mol. The smallest absolute Gasteiger partial charge is 0.260 e. The van der Waals surface area contributed by atoms with Crippen molar-refractivity contribution in [3.8, 4) is 0 Å². The van der Waals surface area contributed by atoms with Gasteiger partial charge in [-0.3, -0.25) is 9.59 Å². The molecule has 5 nitrogen and oxygen atoms in total. The van der Waals surface area contributed by atoms with E-state index in [2.05, 4.69) is 35.0 Å². The van der Waals surface area contributed by atoms with Gasteiger partial charge in [-0.25, -0.2) is 0 Å². The van der Waals surface area contributed by atoms with Crippen molar-refractivity contribution < 1.29 is 9.59 Å². The molecule has 1 atom stereocenters. The van der Waals surface area contributed by atoms with Gasteiger partial charge >= 0.3 is 0 Å². The van der Waals surface area contributed by atoms with Crippen LogP contribution in [0, 0.1) is 0 Å². The maximum absolute atomic E-state index is 12.4. The SMILES string of the molecule is CCc1ccc(N[C@@H]2NC(=O)/C(=C3/C(=O)Nc4ccccc43)S2)cc1. The molecule has 126 valence electrons. The minimum atomic E-state index is -0.303. The van der Waals surface area contributed by atoms with Crippen LogP contribution in [0.25, 0.3) is 5.57 Å². The molecule has 0 aliphatic carbocycles. The second kappa shape index (κ2) is 6.29. The quantitative estimate of drug-likeness (QED) is 0.743. The van der Waals surface area contributed by atoms with Crippen LogP contribution in [-0.2, 0) is 16.0 Å². The summed E-state index contributed by atoms with van der Waals surface area (Å²) in [4.78, 5) is 25.2. The summed E-state index contributed by atoms with van der Waals surface area (Å²) in [6.07, 6.45) is 0.986. The number of aryl methyl sites for hydroxylation is 1. The number of fused-ring (bicyclic) bond motifs is 1. The summed E-state index contributed by atoms with van der Waals surface area (Å²) < 4.78 is 0. The lowest BCUT2D eigenvalue weighted by Gasteiger charge is -2.13. The zero-order valence-electron chi connectivity index (χ0n) is 13.6. The maximum atomic E-state index is 12.4. The summed E-state index contributed by atoms with van der Waals surface area (Å²) in [5.41, 5.74) is 3.85. The Morgan fingerprint density at radius 3 is 2.56 bits per heavy atom. The van der Waals surface area contributed by atoms with E-state index in [1.165, 1.54) is 17.3 Å². The molecular formula is C19H17N3O2S. The number of hydrogen-bond donors (Lipinski definition) is 3. The van der Waals surface area contributed by atoms with Crippen LogP contribution in [0.15, 0.2) is 53.4 Å². The molecule has 1 saturated heterocycles. The summed E-state index contributed by atoms with van der Waals surface area (Å²) in [6, 6.07) is 15.5. The lowest BCUT2D eigenvalue weighted by Crippen LogP contribution is -2.31. The number of carbonyl (C=O) groups excluding carboxylic acids is 2. The van der Waals surface area contributed by atoms with Gasteiger partial charge in [-0.15, -0.1) is 0 Å². The summed E-state index contributed by atoms with van der Waals surface area (Å²) >= 11 is 1.34. The van der Waals surface area contributed by atoms with Gasteiger partial charge in [-0.05, 0) is 30.2 Å². The number of para-hydroxylation sites is 1. The van der Waals surface area contributed by atoms with Crippen LogP contribution in [-0.4, -0.2) is 17.3 Å². The number of nitrogens with one attached hydrogen (secondary N) is 3. The van der Waals surface area contributed by atoms with E-state index in [9.17, 15) is 9.59 Å². The van der Waals surface area contributed by atoms with Gasteiger partial charge in [0.2, 0.25) is 0 Å². The Bertz CT molecular complexity index is 890. The van der Waals surface area contributed by atoms with Crippen LogP contribution in [0.3, 0.4) is 0 Å².